The molecule has 21 heavy (non-hydrogen) atoms. The van der Waals surface area contributed by atoms with Gasteiger partial charge in [0.2, 0.25) is 0 Å². The van der Waals surface area contributed by atoms with Gasteiger partial charge in [-0.15, -0.1) is 6.58 Å². The van der Waals surface area contributed by atoms with E-state index < -0.39 is 23.7 Å². The van der Waals surface area contributed by atoms with Crippen LogP contribution >= 0.6 is 0 Å². The zero-order valence-corrected chi connectivity index (χ0v) is 12.6. The normalized spacial score (nSPS) is 12.1. The van der Waals surface area contributed by atoms with Crippen molar-refractivity contribution in [2.75, 3.05) is 6.61 Å². The Kier molecular flexibility index (Phi) is 5.96. The summed E-state index contributed by atoms with van der Waals surface area (Å²) >= 11 is 0. The van der Waals surface area contributed by atoms with Gasteiger partial charge in [-0.2, -0.15) is 0 Å². The summed E-state index contributed by atoms with van der Waals surface area (Å²) in [7, 11) is 0. The highest BCUT2D eigenvalue weighted by molar-refractivity contribution is 5.89. The molecule has 0 aliphatic carbocycles. The van der Waals surface area contributed by atoms with E-state index in [0.29, 0.717) is 5.56 Å². The average Bonchev–Trinajstić information content (AvgIpc) is 2.42. The number of hydrogen-bond acceptors (Lipinski definition) is 4. The molecule has 0 unspecified atom stereocenters. The van der Waals surface area contributed by atoms with Gasteiger partial charge in [0.25, 0.3) is 0 Å². The molecule has 0 bridgehead atoms. The molecule has 0 aliphatic heterocycles. The number of benzene rings is 1. The van der Waals surface area contributed by atoms with Crippen molar-refractivity contribution in [2.45, 2.75) is 32.4 Å². The molecule has 1 amide bonds. The monoisotopic (exact) mass is 291 g/mol. The second kappa shape index (κ2) is 7.47. The number of alkyl carbamates (subject to hydrolysis) is 1. The number of nitrogens with one attached hydrogen (secondary N) is 1. The number of carbonyl (C=O) groups excluding carboxylic acids is 2. The highest BCUT2D eigenvalue weighted by atomic mass is 16.6. The first-order valence-electron chi connectivity index (χ1n) is 6.66. The van der Waals surface area contributed by atoms with Gasteiger partial charge in [-0.3, -0.25) is 0 Å². The van der Waals surface area contributed by atoms with E-state index in [0.717, 1.165) is 0 Å². The molecule has 1 aromatic rings. The molecule has 0 saturated carbocycles. The molecule has 0 radical (unpaired) electrons. The second-order valence-electron chi connectivity index (χ2n) is 5.45. The van der Waals surface area contributed by atoms with Crippen LogP contribution in [0.1, 0.15) is 31.1 Å². The van der Waals surface area contributed by atoms with Crippen LogP contribution < -0.4 is 5.32 Å². The van der Waals surface area contributed by atoms with E-state index in [9.17, 15) is 9.59 Å². The molecule has 0 saturated heterocycles. The standard InChI is InChI=1S/C16H21NO4/c1-5-13(17-15(19)21-16(2,3)4)11-20-14(18)12-9-7-6-8-10-12/h5-10,13H,1,11H2,2-4H3,(H,17,19)/t13-/m1/s1. The molecule has 1 N–H and O–H groups in total. The van der Waals surface area contributed by atoms with Crippen LogP contribution in [-0.4, -0.2) is 30.3 Å². The van der Waals surface area contributed by atoms with Crippen molar-refractivity contribution in [1.29, 1.82) is 0 Å². The Morgan fingerprint density at radius 2 is 1.90 bits per heavy atom. The Morgan fingerprint density at radius 3 is 2.43 bits per heavy atom. The molecule has 0 heterocycles. The van der Waals surface area contributed by atoms with Crippen LogP contribution in [0.25, 0.3) is 0 Å². The van der Waals surface area contributed by atoms with Crippen molar-refractivity contribution in [1.82, 2.24) is 5.32 Å². The van der Waals surface area contributed by atoms with Crippen molar-refractivity contribution >= 4 is 12.1 Å². The molecule has 1 aromatic carbocycles. The Morgan fingerprint density at radius 1 is 1.29 bits per heavy atom. The molecule has 1 rings (SSSR count). The summed E-state index contributed by atoms with van der Waals surface area (Å²) < 4.78 is 10.3. The smallest absolute Gasteiger partial charge is 0.408 e. The fraction of sp³-hybridized carbons (Fsp3) is 0.375. The summed E-state index contributed by atoms with van der Waals surface area (Å²) in [6.45, 7) is 8.90. The molecule has 114 valence electrons. The van der Waals surface area contributed by atoms with Crippen LogP contribution in [0, 0.1) is 0 Å². The number of rotatable bonds is 5. The van der Waals surface area contributed by atoms with Crippen molar-refractivity contribution in [3.05, 3.63) is 48.6 Å². The summed E-state index contributed by atoms with van der Waals surface area (Å²) in [6.07, 6.45) is 0.908. The minimum atomic E-state index is -0.587. The zero-order valence-electron chi connectivity index (χ0n) is 12.6. The van der Waals surface area contributed by atoms with Gasteiger partial charge >= 0.3 is 12.1 Å². The lowest BCUT2D eigenvalue weighted by Crippen LogP contribution is -2.40. The minimum Gasteiger partial charge on any atom is -0.460 e. The first-order valence-corrected chi connectivity index (χ1v) is 6.66. The molecule has 0 fully saturated rings. The quantitative estimate of drug-likeness (QED) is 0.669. The van der Waals surface area contributed by atoms with E-state index in [-0.39, 0.29) is 6.61 Å². The number of esters is 1. The highest BCUT2D eigenvalue weighted by Crippen LogP contribution is 2.07. The van der Waals surface area contributed by atoms with Gasteiger partial charge in [0.05, 0.1) is 11.6 Å². The molecule has 5 heteroatoms. The predicted octanol–water partition coefficient (Wildman–Crippen LogP) is 2.92. The van der Waals surface area contributed by atoms with Crippen LogP contribution in [0.15, 0.2) is 43.0 Å². The maximum Gasteiger partial charge on any atom is 0.408 e. The minimum absolute atomic E-state index is 0.00350. The molecular formula is C16H21NO4. The fourth-order valence-corrected chi connectivity index (χ4v) is 1.45. The Bertz CT molecular complexity index is 491. The van der Waals surface area contributed by atoms with Crippen molar-refractivity contribution in [2.24, 2.45) is 0 Å². The number of hydrogen-bond donors (Lipinski definition) is 1. The van der Waals surface area contributed by atoms with Gasteiger partial charge in [0, 0.05) is 0 Å². The van der Waals surface area contributed by atoms with Gasteiger partial charge in [0.15, 0.2) is 0 Å². The fourth-order valence-electron chi connectivity index (χ4n) is 1.45. The molecule has 1 atom stereocenters. The Hall–Kier alpha value is -2.30. The first kappa shape index (κ1) is 16.8. The van der Waals surface area contributed by atoms with Crippen molar-refractivity contribution in [3.8, 4) is 0 Å². The van der Waals surface area contributed by atoms with E-state index in [4.69, 9.17) is 9.47 Å². The Labute approximate surface area is 124 Å². The van der Waals surface area contributed by atoms with E-state index in [1.165, 1.54) is 6.08 Å². The maximum atomic E-state index is 11.8. The van der Waals surface area contributed by atoms with Crippen LogP contribution in [0.3, 0.4) is 0 Å². The third-order valence-electron chi connectivity index (χ3n) is 2.39. The van der Waals surface area contributed by atoms with Crippen LogP contribution in [0.2, 0.25) is 0 Å². The highest BCUT2D eigenvalue weighted by Gasteiger charge is 2.19. The van der Waals surface area contributed by atoms with Gasteiger partial charge in [-0.05, 0) is 32.9 Å². The average molecular weight is 291 g/mol. The Balaban J connectivity index is 2.46. The molecule has 0 spiro atoms. The summed E-state index contributed by atoms with van der Waals surface area (Å²) in [5, 5.41) is 2.57. The largest absolute Gasteiger partial charge is 0.460 e. The number of carbonyl (C=O) groups is 2. The predicted molar refractivity (Wildman–Crippen MR) is 80.1 cm³/mol. The molecule has 5 nitrogen and oxygen atoms in total. The second-order valence-corrected chi connectivity index (χ2v) is 5.45. The summed E-state index contributed by atoms with van der Waals surface area (Å²) in [4.78, 5) is 23.4. The van der Waals surface area contributed by atoms with Crippen LogP contribution in [0.4, 0.5) is 4.79 Å². The maximum absolute atomic E-state index is 11.8. The van der Waals surface area contributed by atoms with Crippen molar-refractivity contribution < 1.29 is 19.1 Å². The first-order chi connectivity index (χ1) is 9.81. The number of amides is 1. The van der Waals surface area contributed by atoms with Gasteiger partial charge in [-0.1, -0.05) is 24.3 Å². The van der Waals surface area contributed by atoms with Crippen LogP contribution in [-0.2, 0) is 9.47 Å². The third-order valence-corrected chi connectivity index (χ3v) is 2.39. The third kappa shape index (κ3) is 6.61. The lowest BCUT2D eigenvalue weighted by atomic mass is 10.2. The van der Waals surface area contributed by atoms with E-state index >= 15 is 0 Å². The summed E-state index contributed by atoms with van der Waals surface area (Å²) in [6, 6.07) is 8.13. The summed E-state index contributed by atoms with van der Waals surface area (Å²) in [5.41, 5.74) is -0.131. The summed E-state index contributed by atoms with van der Waals surface area (Å²) in [5.74, 6) is -0.451. The van der Waals surface area contributed by atoms with Crippen molar-refractivity contribution in [3.63, 3.8) is 0 Å². The molecule has 0 aromatic heterocycles. The topological polar surface area (TPSA) is 64.6 Å². The van der Waals surface area contributed by atoms with Gasteiger partial charge < -0.3 is 14.8 Å². The van der Waals surface area contributed by atoms with Gasteiger partial charge in [0.1, 0.15) is 12.2 Å². The van der Waals surface area contributed by atoms with E-state index in [1.807, 2.05) is 6.07 Å². The van der Waals surface area contributed by atoms with E-state index in [1.54, 1.807) is 45.0 Å². The number of ether oxygens (including phenoxy) is 2. The SMILES string of the molecule is C=C[C@H](COC(=O)c1ccccc1)NC(=O)OC(C)(C)C. The van der Waals surface area contributed by atoms with Gasteiger partial charge in [-0.25, -0.2) is 9.59 Å². The molecule has 0 aliphatic rings. The zero-order chi connectivity index (χ0) is 15.9. The lowest BCUT2D eigenvalue weighted by Gasteiger charge is -2.22. The lowest BCUT2D eigenvalue weighted by molar-refractivity contribution is 0.0397. The molecular weight excluding hydrogens is 270 g/mol. The van der Waals surface area contributed by atoms with E-state index in [2.05, 4.69) is 11.9 Å². The van der Waals surface area contributed by atoms with Crippen LogP contribution in [0.5, 0.6) is 0 Å².